The molecule has 5 nitrogen and oxygen atoms in total. The maximum atomic E-state index is 11.1. The zero-order valence-corrected chi connectivity index (χ0v) is 11.9. The molecule has 2 heterocycles. The molecule has 2 atom stereocenters. The van der Waals surface area contributed by atoms with E-state index in [0.29, 0.717) is 29.5 Å². The number of nitrogens with one attached hydrogen (secondary N) is 1. The van der Waals surface area contributed by atoms with E-state index < -0.39 is 5.97 Å². The van der Waals surface area contributed by atoms with E-state index in [0.717, 1.165) is 17.5 Å². The number of benzene rings is 1. The van der Waals surface area contributed by atoms with Gasteiger partial charge in [-0.15, -0.1) is 0 Å². The van der Waals surface area contributed by atoms with Gasteiger partial charge in [-0.1, -0.05) is 18.5 Å². The third-order valence-electron chi connectivity index (χ3n) is 3.94. The minimum atomic E-state index is -0.759. The summed E-state index contributed by atoms with van der Waals surface area (Å²) >= 11 is 6.23. The molecule has 0 spiro atoms. The second kappa shape index (κ2) is 5.14. The minimum absolute atomic E-state index is 0.00181. The van der Waals surface area contributed by atoms with Crippen molar-refractivity contribution in [3.8, 4) is 11.5 Å². The van der Waals surface area contributed by atoms with Gasteiger partial charge in [-0.3, -0.25) is 4.79 Å². The van der Waals surface area contributed by atoms with Crippen LogP contribution in [0.3, 0.4) is 0 Å². The second-order valence-electron chi connectivity index (χ2n) is 5.08. The largest absolute Gasteiger partial charge is 0.481 e. The molecule has 6 heteroatoms. The summed E-state index contributed by atoms with van der Waals surface area (Å²) in [6.45, 7) is 2.70. The maximum absolute atomic E-state index is 11.1. The molecule has 0 bridgehead atoms. The Bertz CT molecular complexity index is 561. The van der Waals surface area contributed by atoms with Crippen LogP contribution in [0.15, 0.2) is 6.07 Å². The first-order chi connectivity index (χ1) is 9.61. The molecule has 3 rings (SSSR count). The van der Waals surface area contributed by atoms with E-state index >= 15 is 0 Å². The molecule has 0 aromatic heterocycles. The Hall–Kier alpha value is -1.46. The van der Waals surface area contributed by atoms with Gasteiger partial charge in [0.05, 0.1) is 10.9 Å². The lowest BCUT2D eigenvalue weighted by atomic mass is 9.94. The van der Waals surface area contributed by atoms with Gasteiger partial charge in [0.15, 0.2) is 11.5 Å². The van der Waals surface area contributed by atoms with Crippen molar-refractivity contribution in [2.75, 3.05) is 13.3 Å². The first kappa shape index (κ1) is 13.5. The number of ether oxygens (including phenoxy) is 2. The highest BCUT2D eigenvalue weighted by molar-refractivity contribution is 6.32. The van der Waals surface area contributed by atoms with Crippen LogP contribution >= 0.6 is 11.6 Å². The van der Waals surface area contributed by atoms with Crippen LogP contribution < -0.4 is 14.8 Å². The van der Waals surface area contributed by atoms with Crippen LogP contribution in [0.2, 0.25) is 5.02 Å². The van der Waals surface area contributed by atoms with Gasteiger partial charge < -0.3 is 19.9 Å². The van der Waals surface area contributed by atoms with Crippen LogP contribution in [0.4, 0.5) is 0 Å². The van der Waals surface area contributed by atoms with E-state index in [1.54, 1.807) is 0 Å². The Labute approximate surface area is 121 Å². The van der Waals surface area contributed by atoms with Crippen molar-refractivity contribution in [2.45, 2.75) is 25.8 Å². The molecule has 1 fully saturated rings. The molecule has 2 aliphatic rings. The fraction of sp³-hybridized carbons (Fsp3) is 0.500. The monoisotopic (exact) mass is 297 g/mol. The number of rotatable bonds is 3. The number of carboxylic acid groups (broad SMARTS) is 1. The molecule has 0 saturated carbocycles. The topological polar surface area (TPSA) is 67.8 Å². The summed E-state index contributed by atoms with van der Waals surface area (Å²) in [4.78, 5) is 11.1. The highest BCUT2D eigenvalue weighted by Crippen LogP contribution is 2.46. The number of fused-ring (bicyclic) bond motifs is 1. The number of halogens is 1. The van der Waals surface area contributed by atoms with Crippen LogP contribution in [-0.2, 0) is 11.2 Å². The van der Waals surface area contributed by atoms with Gasteiger partial charge in [-0.05, 0) is 24.5 Å². The number of carboxylic acids is 1. The van der Waals surface area contributed by atoms with Crippen molar-refractivity contribution >= 4 is 17.6 Å². The van der Waals surface area contributed by atoms with Gasteiger partial charge in [-0.25, -0.2) is 0 Å². The number of hydrogen-bond donors (Lipinski definition) is 2. The third-order valence-corrected chi connectivity index (χ3v) is 4.22. The molecular weight excluding hydrogens is 282 g/mol. The van der Waals surface area contributed by atoms with Crippen molar-refractivity contribution in [1.29, 1.82) is 0 Å². The zero-order valence-electron chi connectivity index (χ0n) is 11.1. The molecule has 20 heavy (non-hydrogen) atoms. The van der Waals surface area contributed by atoms with Crippen LogP contribution in [0.1, 0.15) is 30.5 Å². The Balaban J connectivity index is 1.98. The van der Waals surface area contributed by atoms with Gasteiger partial charge in [0.2, 0.25) is 6.79 Å². The SMILES string of the molecule is CCc1c(C2CC(C(=O)O)CN2)cc(Cl)c2c1OCO2. The average Bonchev–Trinajstić information content (AvgIpc) is 3.07. The molecule has 2 unspecified atom stereocenters. The van der Waals surface area contributed by atoms with Crippen LogP contribution in [0.25, 0.3) is 0 Å². The molecule has 0 radical (unpaired) electrons. The number of aliphatic carboxylic acids is 1. The molecule has 1 aromatic carbocycles. The highest BCUT2D eigenvalue weighted by Gasteiger charge is 2.33. The standard InChI is InChI=1S/C14H16ClNO4/c1-2-8-9(11-3-7(5-16-11)14(17)18)4-10(15)13-12(8)19-6-20-13/h4,7,11,16H,2-3,5-6H2,1H3,(H,17,18). The smallest absolute Gasteiger partial charge is 0.307 e. The lowest BCUT2D eigenvalue weighted by Crippen LogP contribution is -2.17. The number of carbonyl (C=O) groups is 1. The lowest BCUT2D eigenvalue weighted by Gasteiger charge is -2.17. The van der Waals surface area contributed by atoms with Gasteiger partial charge in [-0.2, -0.15) is 0 Å². The van der Waals surface area contributed by atoms with E-state index in [1.807, 2.05) is 13.0 Å². The third kappa shape index (κ3) is 2.11. The van der Waals surface area contributed by atoms with E-state index in [2.05, 4.69) is 5.32 Å². The maximum Gasteiger partial charge on any atom is 0.307 e. The molecule has 1 saturated heterocycles. The summed E-state index contributed by atoms with van der Waals surface area (Å²) in [6, 6.07) is 1.87. The van der Waals surface area contributed by atoms with Gasteiger partial charge in [0.1, 0.15) is 0 Å². The molecule has 1 aromatic rings. The Morgan fingerprint density at radius 2 is 2.25 bits per heavy atom. The zero-order chi connectivity index (χ0) is 14.3. The van der Waals surface area contributed by atoms with Crippen LogP contribution in [-0.4, -0.2) is 24.4 Å². The van der Waals surface area contributed by atoms with Crippen LogP contribution in [0.5, 0.6) is 11.5 Å². The Morgan fingerprint density at radius 3 is 2.90 bits per heavy atom. The van der Waals surface area contributed by atoms with Crippen molar-refractivity contribution in [3.05, 3.63) is 22.2 Å². The number of hydrogen-bond acceptors (Lipinski definition) is 4. The van der Waals surface area contributed by atoms with Gasteiger partial charge >= 0.3 is 5.97 Å². The van der Waals surface area contributed by atoms with Crippen LogP contribution in [0, 0.1) is 5.92 Å². The minimum Gasteiger partial charge on any atom is -0.481 e. The molecule has 2 aliphatic heterocycles. The van der Waals surface area contributed by atoms with E-state index in [1.165, 1.54) is 0 Å². The lowest BCUT2D eigenvalue weighted by molar-refractivity contribution is -0.141. The quantitative estimate of drug-likeness (QED) is 0.896. The fourth-order valence-electron chi connectivity index (χ4n) is 2.94. The Morgan fingerprint density at radius 1 is 1.50 bits per heavy atom. The average molecular weight is 298 g/mol. The fourth-order valence-corrected chi connectivity index (χ4v) is 3.19. The molecule has 2 N–H and O–H groups in total. The summed E-state index contributed by atoms with van der Waals surface area (Å²) in [5, 5.41) is 12.9. The molecular formula is C14H16ClNO4. The van der Waals surface area contributed by atoms with Crippen molar-refractivity contribution in [2.24, 2.45) is 5.92 Å². The van der Waals surface area contributed by atoms with E-state index in [4.69, 9.17) is 26.2 Å². The summed E-state index contributed by atoms with van der Waals surface area (Å²) in [5.74, 6) is 0.189. The predicted molar refractivity (Wildman–Crippen MR) is 73.4 cm³/mol. The summed E-state index contributed by atoms with van der Waals surface area (Å²) < 4.78 is 10.9. The van der Waals surface area contributed by atoms with Crippen molar-refractivity contribution in [3.63, 3.8) is 0 Å². The molecule has 108 valence electrons. The summed E-state index contributed by atoms with van der Waals surface area (Å²) in [5.41, 5.74) is 2.07. The normalized spacial score (nSPS) is 24.1. The second-order valence-corrected chi connectivity index (χ2v) is 5.48. The van der Waals surface area contributed by atoms with Crippen molar-refractivity contribution in [1.82, 2.24) is 5.32 Å². The molecule has 0 aliphatic carbocycles. The van der Waals surface area contributed by atoms with E-state index in [-0.39, 0.29) is 18.8 Å². The van der Waals surface area contributed by atoms with Gasteiger partial charge in [0.25, 0.3) is 0 Å². The first-order valence-corrected chi connectivity index (χ1v) is 7.06. The molecule has 0 amide bonds. The first-order valence-electron chi connectivity index (χ1n) is 6.68. The highest BCUT2D eigenvalue weighted by atomic mass is 35.5. The predicted octanol–water partition coefficient (Wildman–Crippen LogP) is 2.37. The van der Waals surface area contributed by atoms with Gasteiger partial charge in [0, 0.05) is 18.2 Å². The van der Waals surface area contributed by atoms with Crippen molar-refractivity contribution < 1.29 is 19.4 Å². The Kier molecular flexibility index (Phi) is 3.48. The summed E-state index contributed by atoms with van der Waals surface area (Å²) in [7, 11) is 0. The van der Waals surface area contributed by atoms with E-state index in [9.17, 15) is 4.79 Å². The summed E-state index contributed by atoms with van der Waals surface area (Å²) in [6.07, 6.45) is 1.35.